The first-order chi connectivity index (χ1) is 7.65. The zero-order chi connectivity index (χ0) is 12.0. The molecule has 0 saturated carbocycles. The number of nitrogens with zero attached hydrogens (tertiary/aromatic N) is 1. The Balaban J connectivity index is 2.44. The standard InChI is InChI=1S/C12H21N3O/c1-3-4-8-16-12(14)11(13)10-6-5-7-15(2)9-10/h6,13-14H,3-5,7-9H2,1-2H3. The molecular formula is C12H21N3O. The molecule has 0 radical (unpaired) electrons. The lowest BCUT2D eigenvalue weighted by molar-refractivity contribution is 0.299. The van der Waals surface area contributed by atoms with E-state index in [1.54, 1.807) is 0 Å². The minimum absolute atomic E-state index is 0.00926. The topological polar surface area (TPSA) is 60.2 Å². The van der Waals surface area contributed by atoms with Crippen molar-refractivity contribution in [2.45, 2.75) is 26.2 Å². The first-order valence-electron chi connectivity index (χ1n) is 5.83. The Labute approximate surface area is 97.3 Å². The summed E-state index contributed by atoms with van der Waals surface area (Å²) in [6.07, 6.45) is 4.98. The van der Waals surface area contributed by atoms with Crippen LogP contribution in [-0.4, -0.2) is 43.3 Å². The van der Waals surface area contributed by atoms with Gasteiger partial charge < -0.3 is 9.64 Å². The highest BCUT2D eigenvalue weighted by Crippen LogP contribution is 2.10. The molecule has 16 heavy (non-hydrogen) atoms. The van der Waals surface area contributed by atoms with E-state index in [0.29, 0.717) is 6.61 Å². The molecule has 1 aliphatic rings. The predicted octanol–water partition coefficient (Wildman–Crippen LogP) is 2.06. The summed E-state index contributed by atoms with van der Waals surface area (Å²) >= 11 is 0. The van der Waals surface area contributed by atoms with E-state index in [1.807, 2.05) is 13.1 Å². The fourth-order valence-electron chi connectivity index (χ4n) is 1.61. The second kappa shape index (κ2) is 6.43. The molecule has 0 aliphatic carbocycles. The molecule has 1 aliphatic heterocycles. The number of nitrogens with one attached hydrogen (secondary N) is 2. The Morgan fingerprint density at radius 3 is 2.88 bits per heavy atom. The smallest absolute Gasteiger partial charge is 0.232 e. The maximum atomic E-state index is 7.87. The Hall–Kier alpha value is -1.16. The van der Waals surface area contributed by atoms with Gasteiger partial charge in [-0.3, -0.25) is 10.8 Å². The van der Waals surface area contributed by atoms with Gasteiger partial charge in [-0.15, -0.1) is 0 Å². The Morgan fingerprint density at radius 1 is 1.50 bits per heavy atom. The molecule has 0 fully saturated rings. The van der Waals surface area contributed by atoms with Crippen LogP contribution in [0.2, 0.25) is 0 Å². The molecule has 1 rings (SSSR count). The summed E-state index contributed by atoms with van der Waals surface area (Å²) in [5.41, 5.74) is 1.15. The van der Waals surface area contributed by atoms with Crippen molar-refractivity contribution in [2.24, 2.45) is 0 Å². The van der Waals surface area contributed by atoms with Crippen LogP contribution in [0.1, 0.15) is 26.2 Å². The zero-order valence-corrected chi connectivity index (χ0v) is 10.2. The third kappa shape index (κ3) is 3.77. The zero-order valence-electron chi connectivity index (χ0n) is 10.2. The van der Waals surface area contributed by atoms with Gasteiger partial charge in [0.2, 0.25) is 5.90 Å². The summed E-state index contributed by atoms with van der Waals surface area (Å²) in [5.74, 6) is 0.00926. The van der Waals surface area contributed by atoms with Gasteiger partial charge in [0.25, 0.3) is 0 Å². The van der Waals surface area contributed by atoms with Crippen LogP contribution in [-0.2, 0) is 4.74 Å². The van der Waals surface area contributed by atoms with E-state index in [1.165, 1.54) is 0 Å². The normalized spacial score (nSPS) is 16.8. The highest BCUT2D eigenvalue weighted by Gasteiger charge is 2.16. The minimum atomic E-state index is 0.00926. The van der Waals surface area contributed by atoms with Crippen LogP contribution < -0.4 is 0 Å². The molecule has 0 saturated heterocycles. The summed E-state index contributed by atoms with van der Waals surface area (Å²) < 4.78 is 5.23. The van der Waals surface area contributed by atoms with Crippen molar-refractivity contribution in [1.82, 2.24) is 4.90 Å². The lowest BCUT2D eigenvalue weighted by Gasteiger charge is -2.23. The van der Waals surface area contributed by atoms with Gasteiger partial charge in [-0.05, 0) is 25.5 Å². The monoisotopic (exact) mass is 223 g/mol. The third-order valence-electron chi connectivity index (χ3n) is 2.63. The van der Waals surface area contributed by atoms with Crippen LogP contribution in [0.25, 0.3) is 0 Å². The fourth-order valence-corrected chi connectivity index (χ4v) is 1.61. The first kappa shape index (κ1) is 12.9. The van der Waals surface area contributed by atoms with Crippen molar-refractivity contribution in [2.75, 3.05) is 26.7 Å². The molecule has 1 heterocycles. The van der Waals surface area contributed by atoms with Crippen molar-refractivity contribution < 1.29 is 4.74 Å². The van der Waals surface area contributed by atoms with Gasteiger partial charge in [0.15, 0.2) is 0 Å². The van der Waals surface area contributed by atoms with Crippen LogP contribution in [0, 0.1) is 10.8 Å². The molecule has 4 nitrogen and oxygen atoms in total. The van der Waals surface area contributed by atoms with Crippen molar-refractivity contribution in [3.8, 4) is 0 Å². The van der Waals surface area contributed by atoms with E-state index >= 15 is 0 Å². The van der Waals surface area contributed by atoms with E-state index in [2.05, 4.69) is 11.8 Å². The number of hydrogen-bond acceptors (Lipinski definition) is 4. The van der Waals surface area contributed by atoms with E-state index < -0.39 is 0 Å². The molecule has 0 unspecified atom stereocenters. The first-order valence-corrected chi connectivity index (χ1v) is 5.83. The van der Waals surface area contributed by atoms with Gasteiger partial charge in [-0.1, -0.05) is 19.4 Å². The quantitative estimate of drug-likeness (QED) is 0.426. The maximum Gasteiger partial charge on any atom is 0.232 e. The Morgan fingerprint density at radius 2 is 2.25 bits per heavy atom. The molecule has 0 aromatic carbocycles. The average Bonchev–Trinajstić information content (AvgIpc) is 2.28. The molecule has 0 atom stereocenters. The number of hydrogen-bond donors (Lipinski definition) is 2. The average molecular weight is 223 g/mol. The highest BCUT2D eigenvalue weighted by molar-refractivity contribution is 6.43. The lowest BCUT2D eigenvalue weighted by Crippen LogP contribution is -2.31. The number of likely N-dealkylation sites (N-methyl/N-ethyl adjacent to an activating group) is 1. The molecule has 90 valence electrons. The summed E-state index contributed by atoms with van der Waals surface area (Å²) in [6.45, 7) is 4.40. The highest BCUT2D eigenvalue weighted by atomic mass is 16.5. The predicted molar refractivity (Wildman–Crippen MR) is 66.5 cm³/mol. The molecule has 4 heteroatoms. The second-order valence-corrected chi connectivity index (χ2v) is 4.16. The van der Waals surface area contributed by atoms with Crippen molar-refractivity contribution in [3.05, 3.63) is 11.6 Å². The van der Waals surface area contributed by atoms with Gasteiger partial charge in [0.1, 0.15) is 5.71 Å². The van der Waals surface area contributed by atoms with E-state index in [-0.39, 0.29) is 11.6 Å². The summed E-state index contributed by atoms with van der Waals surface area (Å²) in [7, 11) is 2.03. The molecule has 0 aromatic rings. The molecule has 0 bridgehead atoms. The van der Waals surface area contributed by atoms with Crippen LogP contribution in [0.4, 0.5) is 0 Å². The van der Waals surface area contributed by atoms with Gasteiger partial charge in [0, 0.05) is 13.1 Å². The molecule has 0 aromatic heterocycles. The minimum Gasteiger partial charge on any atom is -0.477 e. The lowest BCUT2D eigenvalue weighted by atomic mass is 10.1. The number of rotatable bonds is 5. The maximum absolute atomic E-state index is 7.87. The Bertz CT molecular complexity index is 297. The summed E-state index contributed by atoms with van der Waals surface area (Å²) in [6, 6.07) is 0. The molecule has 0 amide bonds. The van der Waals surface area contributed by atoms with Gasteiger partial charge in [-0.2, -0.15) is 0 Å². The van der Waals surface area contributed by atoms with Crippen molar-refractivity contribution >= 4 is 11.6 Å². The molecule has 0 spiro atoms. The molecular weight excluding hydrogens is 202 g/mol. The van der Waals surface area contributed by atoms with Crippen LogP contribution in [0.5, 0.6) is 0 Å². The van der Waals surface area contributed by atoms with Gasteiger partial charge in [-0.25, -0.2) is 0 Å². The van der Waals surface area contributed by atoms with Crippen molar-refractivity contribution in [3.63, 3.8) is 0 Å². The van der Waals surface area contributed by atoms with Crippen LogP contribution >= 0.6 is 0 Å². The van der Waals surface area contributed by atoms with Crippen molar-refractivity contribution in [1.29, 1.82) is 10.8 Å². The Kier molecular flexibility index (Phi) is 5.19. The van der Waals surface area contributed by atoms with Crippen LogP contribution in [0.3, 0.4) is 0 Å². The molecule has 2 N–H and O–H groups in total. The van der Waals surface area contributed by atoms with E-state index in [9.17, 15) is 0 Å². The van der Waals surface area contributed by atoms with Gasteiger partial charge in [0.05, 0.1) is 6.61 Å². The SMILES string of the molecule is CCCCOC(=N)C(=N)C1=CCCN(C)C1. The van der Waals surface area contributed by atoms with Gasteiger partial charge >= 0.3 is 0 Å². The van der Waals surface area contributed by atoms with E-state index in [0.717, 1.165) is 37.9 Å². The summed E-state index contributed by atoms with van der Waals surface area (Å²) in [5, 5.41) is 15.5. The van der Waals surface area contributed by atoms with Crippen LogP contribution in [0.15, 0.2) is 11.6 Å². The number of unbranched alkanes of at least 4 members (excludes halogenated alkanes) is 1. The number of ether oxygens (including phenoxy) is 1. The van der Waals surface area contributed by atoms with E-state index in [4.69, 9.17) is 15.6 Å². The second-order valence-electron chi connectivity index (χ2n) is 4.16. The third-order valence-corrected chi connectivity index (χ3v) is 2.63. The summed E-state index contributed by atoms with van der Waals surface area (Å²) in [4.78, 5) is 2.16. The largest absolute Gasteiger partial charge is 0.477 e. The fraction of sp³-hybridized carbons (Fsp3) is 0.667.